The molecule has 1 amide bonds. The lowest BCUT2D eigenvalue weighted by molar-refractivity contribution is -0.116. The number of furan rings is 1. The Labute approximate surface area is 127 Å². The molecule has 0 saturated carbocycles. The van der Waals surface area contributed by atoms with Crippen LogP contribution in [0.4, 0.5) is 5.69 Å². The molecule has 2 rings (SSSR count). The van der Waals surface area contributed by atoms with E-state index in [4.69, 9.17) is 16.0 Å². The van der Waals surface area contributed by atoms with Crippen molar-refractivity contribution < 1.29 is 18.7 Å². The largest absolute Gasteiger partial charge is 0.463 e. The molecule has 0 saturated heterocycles. The molecule has 1 aromatic heterocycles. The van der Waals surface area contributed by atoms with Gasteiger partial charge in [0, 0.05) is 30.6 Å². The molecule has 6 heteroatoms. The van der Waals surface area contributed by atoms with Gasteiger partial charge in [-0.3, -0.25) is 4.79 Å². The van der Waals surface area contributed by atoms with E-state index in [9.17, 15) is 9.59 Å². The van der Waals surface area contributed by atoms with Crippen LogP contribution in [0.5, 0.6) is 0 Å². The lowest BCUT2D eigenvalue weighted by atomic mass is 10.2. The standard InChI is InChI=1S/C15H14ClNO4/c1-9(18)17(2)12-8-13(21-14(12)15(19)20-3)10-5-4-6-11(16)7-10/h4-8H,1-3H3. The van der Waals surface area contributed by atoms with Gasteiger partial charge < -0.3 is 14.1 Å². The molecule has 0 bridgehead atoms. The van der Waals surface area contributed by atoms with Crippen LogP contribution in [0.2, 0.25) is 5.02 Å². The number of hydrogen-bond donors (Lipinski definition) is 0. The summed E-state index contributed by atoms with van der Waals surface area (Å²) in [6.07, 6.45) is 0. The van der Waals surface area contributed by atoms with Crippen molar-refractivity contribution in [1.82, 2.24) is 0 Å². The lowest BCUT2D eigenvalue weighted by Gasteiger charge is -2.12. The molecule has 5 nitrogen and oxygen atoms in total. The smallest absolute Gasteiger partial charge is 0.376 e. The number of halogens is 1. The van der Waals surface area contributed by atoms with Crippen LogP contribution in [-0.4, -0.2) is 26.0 Å². The number of anilines is 1. The van der Waals surface area contributed by atoms with E-state index in [1.807, 2.05) is 0 Å². The van der Waals surface area contributed by atoms with Crippen molar-refractivity contribution in [1.29, 1.82) is 0 Å². The number of esters is 1. The van der Waals surface area contributed by atoms with Crippen LogP contribution in [0.1, 0.15) is 17.5 Å². The van der Waals surface area contributed by atoms with Crippen molar-refractivity contribution in [2.45, 2.75) is 6.92 Å². The summed E-state index contributed by atoms with van der Waals surface area (Å²) in [7, 11) is 2.81. The highest BCUT2D eigenvalue weighted by Gasteiger charge is 2.24. The third-order valence-electron chi connectivity index (χ3n) is 3.03. The van der Waals surface area contributed by atoms with Gasteiger partial charge in [0.1, 0.15) is 5.76 Å². The third kappa shape index (κ3) is 3.08. The molecule has 0 radical (unpaired) electrons. The van der Waals surface area contributed by atoms with Gasteiger partial charge in [-0.15, -0.1) is 0 Å². The summed E-state index contributed by atoms with van der Waals surface area (Å²) >= 11 is 5.95. The number of methoxy groups -OCH3 is 1. The molecule has 21 heavy (non-hydrogen) atoms. The topological polar surface area (TPSA) is 59.8 Å². The second-order valence-corrected chi connectivity index (χ2v) is 4.84. The van der Waals surface area contributed by atoms with Gasteiger partial charge >= 0.3 is 5.97 Å². The molecule has 0 atom stereocenters. The monoisotopic (exact) mass is 307 g/mol. The number of benzene rings is 1. The van der Waals surface area contributed by atoms with Gasteiger partial charge in [0.15, 0.2) is 0 Å². The highest BCUT2D eigenvalue weighted by molar-refractivity contribution is 6.30. The Kier molecular flexibility index (Phi) is 4.33. The minimum Gasteiger partial charge on any atom is -0.463 e. The summed E-state index contributed by atoms with van der Waals surface area (Å²) in [4.78, 5) is 24.6. The predicted octanol–water partition coefficient (Wildman–Crippen LogP) is 3.37. The van der Waals surface area contributed by atoms with E-state index < -0.39 is 5.97 Å². The van der Waals surface area contributed by atoms with E-state index in [0.29, 0.717) is 22.0 Å². The second kappa shape index (κ2) is 6.01. The SMILES string of the molecule is COC(=O)c1oc(-c2cccc(Cl)c2)cc1N(C)C(C)=O. The minimum absolute atomic E-state index is 0.0230. The maximum Gasteiger partial charge on any atom is 0.376 e. The van der Waals surface area contributed by atoms with Gasteiger partial charge in [-0.2, -0.15) is 0 Å². The summed E-state index contributed by atoms with van der Waals surface area (Å²) in [5.74, 6) is -0.462. The molecule has 0 spiro atoms. The molecule has 0 N–H and O–H groups in total. The number of rotatable bonds is 3. The zero-order valence-electron chi connectivity index (χ0n) is 11.8. The Morgan fingerprint density at radius 1 is 1.29 bits per heavy atom. The van der Waals surface area contributed by atoms with Crippen molar-refractivity contribution in [2.24, 2.45) is 0 Å². The number of carbonyl (C=O) groups is 2. The predicted molar refractivity (Wildman–Crippen MR) is 79.6 cm³/mol. The van der Waals surface area contributed by atoms with Gasteiger partial charge in [0.25, 0.3) is 0 Å². The second-order valence-electron chi connectivity index (χ2n) is 4.40. The molecule has 0 aliphatic rings. The van der Waals surface area contributed by atoms with E-state index in [1.165, 1.54) is 18.9 Å². The Hall–Kier alpha value is -2.27. The summed E-state index contributed by atoms with van der Waals surface area (Å²) < 4.78 is 10.2. The Morgan fingerprint density at radius 2 is 2.00 bits per heavy atom. The summed E-state index contributed by atoms with van der Waals surface area (Å²) in [6, 6.07) is 8.62. The van der Waals surface area contributed by atoms with Crippen LogP contribution in [-0.2, 0) is 9.53 Å². The number of ether oxygens (including phenoxy) is 1. The molecule has 0 aliphatic heterocycles. The van der Waals surface area contributed by atoms with Gasteiger partial charge in [-0.1, -0.05) is 23.7 Å². The van der Waals surface area contributed by atoms with Crippen molar-refractivity contribution in [3.8, 4) is 11.3 Å². The molecular weight excluding hydrogens is 294 g/mol. The van der Waals surface area contributed by atoms with Crippen molar-refractivity contribution in [3.63, 3.8) is 0 Å². The molecule has 0 fully saturated rings. The number of amides is 1. The van der Waals surface area contributed by atoms with E-state index >= 15 is 0 Å². The van der Waals surface area contributed by atoms with Crippen molar-refractivity contribution >= 4 is 29.2 Å². The van der Waals surface area contributed by atoms with Gasteiger partial charge in [-0.25, -0.2) is 4.79 Å². The Bertz CT molecular complexity index is 693. The normalized spacial score (nSPS) is 10.3. The first-order valence-electron chi connectivity index (χ1n) is 6.16. The van der Waals surface area contributed by atoms with Gasteiger partial charge in [0.2, 0.25) is 11.7 Å². The van der Waals surface area contributed by atoms with Crippen LogP contribution in [0, 0.1) is 0 Å². The lowest BCUT2D eigenvalue weighted by Crippen LogP contribution is -2.24. The zero-order chi connectivity index (χ0) is 15.6. The summed E-state index contributed by atoms with van der Waals surface area (Å²) in [5.41, 5.74) is 1.06. The molecule has 110 valence electrons. The summed E-state index contributed by atoms with van der Waals surface area (Å²) in [6.45, 7) is 1.40. The van der Waals surface area contributed by atoms with Crippen LogP contribution in [0.15, 0.2) is 34.7 Å². The van der Waals surface area contributed by atoms with Crippen molar-refractivity contribution in [3.05, 3.63) is 41.1 Å². The first kappa shape index (κ1) is 15.1. The third-order valence-corrected chi connectivity index (χ3v) is 3.26. The quantitative estimate of drug-likeness (QED) is 0.816. The maximum absolute atomic E-state index is 11.8. The first-order valence-corrected chi connectivity index (χ1v) is 6.54. The number of hydrogen-bond acceptors (Lipinski definition) is 4. The molecule has 0 aliphatic carbocycles. The number of nitrogens with zero attached hydrogens (tertiary/aromatic N) is 1. The van der Waals surface area contributed by atoms with E-state index in [2.05, 4.69) is 4.74 Å². The average Bonchev–Trinajstić information content (AvgIpc) is 2.90. The fourth-order valence-electron chi connectivity index (χ4n) is 1.82. The van der Waals surface area contributed by atoms with Gasteiger partial charge in [0.05, 0.1) is 12.8 Å². The average molecular weight is 308 g/mol. The Morgan fingerprint density at radius 3 is 2.57 bits per heavy atom. The van der Waals surface area contributed by atoms with E-state index in [1.54, 1.807) is 37.4 Å². The highest BCUT2D eigenvalue weighted by Crippen LogP contribution is 2.32. The molecule has 1 aromatic carbocycles. The zero-order valence-corrected chi connectivity index (χ0v) is 12.6. The fraction of sp³-hybridized carbons (Fsp3) is 0.200. The molecule has 1 heterocycles. The molecule has 2 aromatic rings. The van der Waals surface area contributed by atoms with Crippen LogP contribution < -0.4 is 4.90 Å². The molecular formula is C15H14ClNO4. The Balaban J connectivity index is 2.55. The van der Waals surface area contributed by atoms with E-state index in [0.717, 1.165) is 0 Å². The first-order chi connectivity index (χ1) is 9.93. The minimum atomic E-state index is -0.647. The van der Waals surface area contributed by atoms with Crippen LogP contribution in [0.25, 0.3) is 11.3 Å². The van der Waals surface area contributed by atoms with Crippen LogP contribution in [0.3, 0.4) is 0 Å². The van der Waals surface area contributed by atoms with Crippen molar-refractivity contribution in [2.75, 3.05) is 19.1 Å². The number of carbonyl (C=O) groups excluding carboxylic acids is 2. The summed E-state index contributed by atoms with van der Waals surface area (Å²) in [5, 5.41) is 0.546. The highest BCUT2D eigenvalue weighted by atomic mass is 35.5. The maximum atomic E-state index is 11.8. The van der Waals surface area contributed by atoms with Gasteiger partial charge in [-0.05, 0) is 12.1 Å². The van der Waals surface area contributed by atoms with E-state index in [-0.39, 0.29) is 11.7 Å². The fourth-order valence-corrected chi connectivity index (χ4v) is 2.01. The van der Waals surface area contributed by atoms with Crippen LogP contribution >= 0.6 is 11.6 Å². The molecule has 0 unspecified atom stereocenters.